The lowest BCUT2D eigenvalue weighted by atomic mass is 10.1. The highest BCUT2D eigenvalue weighted by Gasteiger charge is 2.27. The molecule has 2 heterocycles. The number of aryl methyl sites for hydroxylation is 1. The van der Waals surface area contributed by atoms with Crippen LogP contribution >= 0.6 is 0 Å². The van der Waals surface area contributed by atoms with Gasteiger partial charge in [0.15, 0.2) is 0 Å². The second kappa shape index (κ2) is 6.23. The standard InChI is InChI=1S/C17H20N4O/c1-2-14-6-7-19-16(20-14)9-12-4-3-5-15(8-12)21-11-13(18)10-17(21)22/h3-8,13H,2,9-11,18H2,1H3. The molecule has 114 valence electrons. The molecule has 1 aliphatic heterocycles. The normalized spacial score (nSPS) is 18.0. The third-order valence-corrected chi connectivity index (χ3v) is 3.86. The molecule has 0 spiro atoms. The number of benzene rings is 1. The average molecular weight is 296 g/mol. The van der Waals surface area contributed by atoms with Crippen LogP contribution in [-0.2, 0) is 17.6 Å². The maximum Gasteiger partial charge on any atom is 0.228 e. The van der Waals surface area contributed by atoms with Crippen LogP contribution < -0.4 is 10.6 Å². The van der Waals surface area contributed by atoms with Crippen molar-refractivity contribution >= 4 is 11.6 Å². The summed E-state index contributed by atoms with van der Waals surface area (Å²) in [5, 5.41) is 0. The van der Waals surface area contributed by atoms with E-state index in [9.17, 15) is 4.79 Å². The van der Waals surface area contributed by atoms with E-state index >= 15 is 0 Å². The maximum absolute atomic E-state index is 12.0. The first-order chi connectivity index (χ1) is 10.7. The van der Waals surface area contributed by atoms with E-state index in [2.05, 4.69) is 16.9 Å². The highest BCUT2D eigenvalue weighted by molar-refractivity contribution is 5.96. The summed E-state index contributed by atoms with van der Waals surface area (Å²) in [6, 6.07) is 9.84. The molecule has 1 atom stereocenters. The maximum atomic E-state index is 12.0. The Morgan fingerprint density at radius 1 is 1.36 bits per heavy atom. The molecule has 1 fully saturated rings. The predicted octanol–water partition coefficient (Wildman–Crippen LogP) is 1.69. The zero-order valence-electron chi connectivity index (χ0n) is 12.7. The Kier molecular flexibility index (Phi) is 4.15. The minimum absolute atomic E-state index is 0.0688. The minimum Gasteiger partial charge on any atom is -0.326 e. The molecule has 1 aromatic carbocycles. The molecule has 0 saturated carbocycles. The summed E-state index contributed by atoms with van der Waals surface area (Å²) in [5.74, 6) is 0.898. The highest BCUT2D eigenvalue weighted by Crippen LogP contribution is 2.22. The van der Waals surface area contributed by atoms with Crippen LogP contribution in [0.2, 0.25) is 0 Å². The fraction of sp³-hybridized carbons (Fsp3) is 0.353. The van der Waals surface area contributed by atoms with Crippen LogP contribution in [0.25, 0.3) is 0 Å². The second-order valence-corrected chi connectivity index (χ2v) is 5.63. The molecule has 1 amide bonds. The third kappa shape index (κ3) is 3.14. The number of carbonyl (C=O) groups is 1. The zero-order valence-corrected chi connectivity index (χ0v) is 12.7. The van der Waals surface area contributed by atoms with Crippen LogP contribution in [0.15, 0.2) is 36.5 Å². The van der Waals surface area contributed by atoms with Crippen LogP contribution in [-0.4, -0.2) is 28.5 Å². The van der Waals surface area contributed by atoms with Crippen LogP contribution in [0.1, 0.15) is 30.4 Å². The molecule has 1 aromatic heterocycles. The van der Waals surface area contributed by atoms with Gasteiger partial charge < -0.3 is 10.6 Å². The van der Waals surface area contributed by atoms with Crippen molar-refractivity contribution in [1.29, 1.82) is 0 Å². The molecule has 2 N–H and O–H groups in total. The van der Waals surface area contributed by atoms with Gasteiger partial charge in [0, 0.05) is 43.0 Å². The number of carbonyl (C=O) groups excluding carboxylic acids is 1. The van der Waals surface area contributed by atoms with Gasteiger partial charge in [0.25, 0.3) is 0 Å². The molecule has 1 unspecified atom stereocenters. The molecule has 5 nitrogen and oxygen atoms in total. The second-order valence-electron chi connectivity index (χ2n) is 5.63. The van der Waals surface area contributed by atoms with Crippen molar-refractivity contribution in [2.75, 3.05) is 11.4 Å². The van der Waals surface area contributed by atoms with Gasteiger partial charge in [0.05, 0.1) is 0 Å². The van der Waals surface area contributed by atoms with E-state index in [4.69, 9.17) is 5.73 Å². The lowest BCUT2D eigenvalue weighted by Gasteiger charge is -2.17. The van der Waals surface area contributed by atoms with Gasteiger partial charge in [-0.1, -0.05) is 19.1 Å². The molecule has 0 aliphatic carbocycles. The van der Waals surface area contributed by atoms with Crippen molar-refractivity contribution in [2.45, 2.75) is 32.2 Å². The van der Waals surface area contributed by atoms with Crippen LogP contribution in [0.3, 0.4) is 0 Å². The molecule has 0 bridgehead atoms. The Balaban J connectivity index is 1.80. The van der Waals surface area contributed by atoms with Gasteiger partial charge in [-0.05, 0) is 30.2 Å². The number of anilines is 1. The van der Waals surface area contributed by atoms with E-state index in [1.165, 1.54) is 0 Å². The smallest absolute Gasteiger partial charge is 0.228 e. The first-order valence-electron chi connectivity index (χ1n) is 7.61. The van der Waals surface area contributed by atoms with E-state index < -0.39 is 0 Å². The van der Waals surface area contributed by atoms with E-state index in [0.717, 1.165) is 29.2 Å². The molecule has 22 heavy (non-hydrogen) atoms. The molecular formula is C17H20N4O. The SMILES string of the molecule is CCc1ccnc(Cc2cccc(N3CC(N)CC3=O)c2)n1. The number of rotatable bonds is 4. The average Bonchev–Trinajstić information content (AvgIpc) is 2.86. The van der Waals surface area contributed by atoms with Gasteiger partial charge in [-0.3, -0.25) is 4.79 Å². The van der Waals surface area contributed by atoms with Crippen LogP contribution in [0.5, 0.6) is 0 Å². The van der Waals surface area contributed by atoms with E-state index in [-0.39, 0.29) is 11.9 Å². The van der Waals surface area contributed by atoms with E-state index in [1.807, 2.05) is 30.3 Å². The van der Waals surface area contributed by atoms with Crippen LogP contribution in [0.4, 0.5) is 5.69 Å². The number of nitrogens with two attached hydrogens (primary N) is 1. The Morgan fingerprint density at radius 2 is 2.23 bits per heavy atom. The van der Waals surface area contributed by atoms with Gasteiger partial charge in [-0.25, -0.2) is 9.97 Å². The van der Waals surface area contributed by atoms with Gasteiger partial charge in [0.2, 0.25) is 5.91 Å². The molecular weight excluding hydrogens is 276 g/mol. The monoisotopic (exact) mass is 296 g/mol. The van der Waals surface area contributed by atoms with Crippen molar-refractivity contribution in [2.24, 2.45) is 5.73 Å². The molecule has 1 aliphatic rings. The summed E-state index contributed by atoms with van der Waals surface area (Å²) in [5.41, 5.74) is 8.91. The van der Waals surface area contributed by atoms with E-state index in [1.54, 1.807) is 11.1 Å². The number of amides is 1. The first kappa shape index (κ1) is 14.7. The van der Waals surface area contributed by atoms with E-state index in [0.29, 0.717) is 19.4 Å². The van der Waals surface area contributed by atoms with Gasteiger partial charge >= 0.3 is 0 Å². The molecule has 0 radical (unpaired) electrons. The summed E-state index contributed by atoms with van der Waals surface area (Å²) in [4.78, 5) is 22.6. The minimum atomic E-state index is -0.0688. The van der Waals surface area contributed by atoms with Gasteiger partial charge in [-0.15, -0.1) is 0 Å². The Morgan fingerprint density at radius 3 is 2.95 bits per heavy atom. The summed E-state index contributed by atoms with van der Waals surface area (Å²) < 4.78 is 0. The zero-order chi connectivity index (χ0) is 15.5. The Labute approximate surface area is 130 Å². The number of hydrogen-bond donors (Lipinski definition) is 1. The summed E-state index contributed by atoms with van der Waals surface area (Å²) in [6.07, 6.45) is 3.78. The predicted molar refractivity (Wildman–Crippen MR) is 85.6 cm³/mol. The van der Waals surface area contributed by atoms with Crippen molar-refractivity contribution in [3.63, 3.8) is 0 Å². The lowest BCUT2D eigenvalue weighted by Crippen LogP contribution is -2.27. The first-order valence-corrected chi connectivity index (χ1v) is 7.61. The largest absolute Gasteiger partial charge is 0.326 e. The molecule has 2 aromatic rings. The Hall–Kier alpha value is -2.27. The quantitative estimate of drug-likeness (QED) is 0.932. The number of aromatic nitrogens is 2. The fourth-order valence-corrected chi connectivity index (χ4v) is 2.72. The summed E-state index contributed by atoms with van der Waals surface area (Å²) in [6.45, 7) is 2.67. The van der Waals surface area contributed by atoms with Crippen molar-refractivity contribution in [3.8, 4) is 0 Å². The van der Waals surface area contributed by atoms with Crippen LogP contribution in [0, 0.1) is 0 Å². The highest BCUT2D eigenvalue weighted by atomic mass is 16.2. The van der Waals surface area contributed by atoms with Crippen molar-refractivity contribution < 1.29 is 4.79 Å². The van der Waals surface area contributed by atoms with Crippen molar-refractivity contribution in [3.05, 3.63) is 53.6 Å². The number of hydrogen-bond acceptors (Lipinski definition) is 4. The fourth-order valence-electron chi connectivity index (χ4n) is 2.72. The van der Waals surface area contributed by atoms with Gasteiger partial charge in [0.1, 0.15) is 5.82 Å². The topological polar surface area (TPSA) is 72.1 Å². The third-order valence-electron chi connectivity index (χ3n) is 3.86. The Bertz CT molecular complexity index is 686. The van der Waals surface area contributed by atoms with Crippen molar-refractivity contribution in [1.82, 2.24) is 9.97 Å². The van der Waals surface area contributed by atoms with Gasteiger partial charge in [-0.2, -0.15) is 0 Å². The number of nitrogens with zero attached hydrogens (tertiary/aromatic N) is 3. The summed E-state index contributed by atoms with van der Waals surface area (Å²) >= 11 is 0. The summed E-state index contributed by atoms with van der Waals surface area (Å²) in [7, 11) is 0. The molecule has 1 saturated heterocycles. The molecule has 3 rings (SSSR count). The molecule has 5 heteroatoms. The lowest BCUT2D eigenvalue weighted by molar-refractivity contribution is -0.117.